The molecule has 0 radical (unpaired) electrons. The number of oxazole rings is 1. The van der Waals surface area contributed by atoms with Gasteiger partial charge in [-0.3, -0.25) is 4.79 Å². The molecular formula is C20H21N3O2S. The van der Waals surface area contributed by atoms with Crippen LogP contribution in [0.5, 0.6) is 0 Å². The molecule has 1 amide bonds. The van der Waals surface area contributed by atoms with Gasteiger partial charge in [0, 0.05) is 29.6 Å². The minimum Gasteiger partial charge on any atom is -0.443 e. The first-order chi connectivity index (χ1) is 12.6. The van der Waals surface area contributed by atoms with Crippen LogP contribution in [0.3, 0.4) is 0 Å². The molecular weight excluding hydrogens is 346 g/mol. The van der Waals surface area contributed by atoms with Gasteiger partial charge in [0.15, 0.2) is 12.2 Å². The molecule has 0 aliphatic carbocycles. The van der Waals surface area contributed by atoms with Gasteiger partial charge in [0.05, 0.1) is 11.1 Å². The van der Waals surface area contributed by atoms with Crippen molar-refractivity contribution in [2.24, 2.45) is 0 Å². The molecule has 1 saturated heterocycles. The Bertz CT molecular complexity index is 884. The minimum atomic E-state index is 0.120. The van der Waals surface area contributed by atoms with Crippen LogP contribution in [0.4, 0.5) is 0 Å². The van der Waals surface area contributed by atoms with E-state index in [0.29, 0.717) is 6.04 Å². The summed E-state index contributed by atoms with van der Waals surface area (Å²) >= 11 is 1.65. The van der Waals surface area contributed by atoms with E-state index in [1.807, 2.05) is 35.2 Å². The molecule has 0 unspecified atom stereocenters. The average Bonchev–Trinajstić information content (AvgIpc) is 3.42. The van der Waals surface area contributed by atoms with Crippen molar-refractivity contribution in [2.75, 3.05) is 27.2 Å². The molecule has 1 aromatic carbocycles. The number of thiophene rings is 1. The molecule has 134 valence electrons. The van der Waals surface area contributed by atoms with Crippen LogP contribution in [0.2, 0.25) is 0 Å². The fourth-order valence-electron chi connectivity index (χ4n) is 3.27. The average molecular weight is 367 g/mol. The Kier molecular flexibility index (Phi) is 4.61. The summed E-state index contributed by atoms with van der Waals surface area (Å²) in [4.78, 5) is 23.0. The maximum Gasteiger partial charge on any atom is 0.253 e. The van der Waals surface area contributed by atoms with Gasteiger partial charge < -0.3 is 14.2 Å². The number of rotatable bonds is 4. The number of likely N-dealkylation sites (tertiary alicyclic amines) is 1. The van der Waals surface area contributed by atoms with E-state index in [-0.39, 0.29) is 5.91 Å². The zero-order valence-electron chi connectivity index (χ0n) is 14.9. The molecule has 3 heterocycles. The smallest absolute Gasteiger partial charge is 0.253 e. The van der Waals surface area contributed by atoms with E-state index in [2.05, 4.69) is 30.0 Å². The molecule has 1 aliphatic rings. The van der Waals surface area contributed by atoms with Gasteiger partial charge in [-0.1, -0.05) is 12.1 Å². The lowest BCUT2D eigenvalue weighted by Crippen LogP contribution is -2.34. The van der Waals surface area contributed by atoms with Crippen molar-refractivity contribution in [3.63, 3.8) is 0 Å². The van der Waals surface area contributed by atoms with E-state index in [4.69, 9.17) is 4.42 Å². The van der Waals surface area contributed by atoms with E-state index in [1.54, 1.807) is 17.5 Å². The molecule has 1 atom stereocenters. The maximum absolute atomic E-state index is 12.7. The zero-order valence-corrected chi connectivity index (χ0v) is 15.7. The predicted molar refractivity (Wildman–Crippen MR) is 103 cm³/mol. The Morgan fingerprint density at radius 1 is 1.19 bits per heavy atom. The Labute approximate surface area is 156 Å². The van der Waals surface area contributed by atoms with Crippen LogP contribution in [0, 0.1) is 0 Å². The van der Waals surface area contributed by atoms with Crippen molar-refractivity contribution >= 4 is 17.2 Å². The second-order valence-corrected chi connectivity index (χ2v) is 7.85. The summed E-state index contributed by atoms with van der Waals surface area (Å²) in [6.07, 6.45) is 4.19. The summed E-state index contributed by atoms with van der Waals surface area (Å²) in [7, 11) is 4.14. The van der Waals surface area contributed by atoms with Crippen LogP contribution in [-0.2, 0) is 0 Å². The SMILES string of the molecule is CN(C)[C@H]1CCN(C(=O)c2ccc(-c3ccc(-c4cnco4)s3)cc2)C1. The first-order valence-electron chi connectivity index (χ1n) is 8.66. The number of aromatic nitrogens is 1. The number of hydrogen-bond donors (Lipinski definition) is 0. The number of amides is 1. The monoisotopic (exact) mass is 367 g/mol. The van der Waals surface area contributed by atoms with Crippen LogP contribution in [-0.4, -0.2) is 53.9 Å². The Morgan fingerprint density at radius 2 is 1.96 bits per heavy atom. The number of benzene rings is 1. The van der Waals surface area contributed by atoms with Crippen molar-refractivity contribution < 1.29 is 9.21 Å². The maximum atomic E-state index is 12.7. The summed E-state index contributed by atoms with van der Waals surface area (Å²) in [5.41, 5.74) is 1.85. The van der Waals surface area contributed by atoms with E-state index >= 15 is 0 Å². The third-order valence-electron chi connectivity index (χ3n) is 4.88. The number of nitrogens with zero attached hydrogens (tertiary/aromatic N) is 3. The molecule has 1 fully saturated rings. The number of carbonyl (C=O) groups excluding carboxylic acids is 1. The molecule has 1 aliphatic heterocycles. The predicted octanol–water partition coefficient (Wildman–Crippen LogP) is 3.85. The van der Waals surface area contributed by atoms with Crippen molar-refractivity contribution in [2.45, 2.75) is 12.5 Å². The second-order valence-electron chi connectivity index (χ2n) is 6.76. The van der Waals surface area contributed by atoms with Crippen LogP contribution in [0.25, 0.3) is 21.1 Å². The summed E-state index contributed by atoms with van der Waals surface area (Å²) in [6, 6.07) is 12.4. The van der Waals surface area contributed by atoms with Gasteiger partial charge in [-0.25, -0.2) is 4.98 Å². The molecule has 0 saturated carbocycles. The highest BCUT2D eigenvalue weighted by Gasteiger charge is 2.27. The highest BCUT2D eigenvalue weighted by molar-refractivity contribution is 7.18. The van der Waals surface area contributed by atoms with Crippen LogP contribution in [0.15, 0.2) is 53.4 Å². The highest BCUT2D eigenvalue weighted by atomic mass is 32.1. The lowest BCUT2D eigenvalue weighted by molar-refractivity contribution is 0.0783. The van der Waals surface area contributed by atoms with Gasteiger partial charge >= 0.3 is 0 Å². The molecule has 4 rings (SSSR count). The van der Waals surface area contributed by atoms with Gasteiger partial charge in [0.1, 0.15) is 0 Å². The Morgan fingerprint density at radius 3 is 2.62 bits per heavy atom. The molecule has 3 aromatic rings. The third-order valence-corrected chi connectivity index (χ3v) is 6.03. The fraction of sp³-hybridized carbons (Fsp3) is 0.300. The molecule has 5 nitrogen and oxygen atoms in total. The van der Waals surface area contributed by atoms with E-state index in [9.17, 15) is 4.79 Å². The molecule has 0 bridgehead atoms. The normalized spacial score (nSPS) is 17.2. The third kappa shape index (κ3) is 3.30. The van der Waals surface area contributed by atoms with Crippen molar-refractivity contribution in [1.29, 1.82) is 0 Å². The molecule has 2 aromatic heterocycles. The van der Waals surface area contributed by atoms with E-state index in [0.717, 1.165) is 46.2 Å². The van der Waals surface area contributed by atoms with Crippen molar-refractivity contribution in [3.05, 3.63) is 54.6 Å². The van der Waals surface area contributed by atoms with Gasteiger partial charge in [-0.2, -0.15) is 0 Å². The van der Waals surface area contributed by atoms with Crippen LogP contribution >= 0.6 is 11.3 Å². The largest absolute Gasteiger partial charge is 0.443 e. The first kappa shape index (κ1) is 17.0. The van der Waals surface area contributed by atoms with E-state index in [1.165, 1.54) is 6.39 Å². The first-order valence-corrected chi connectivity index (χ1v) is 9.48. The molecule has 6 heteroatoms. The molecule has 26 heavy (non-hydrogen) atoms. The Hall–Kier alpha value is -2.44. The summed E-state index contributed by atoms with van der Waals surface area (Å²) in [6.45, 7) is 1.63. The fourth-order valence-corrected chi connectivity index (χ4v) is 4.23. The number of likely N-dealkylation sites (N-methyl/N-ethyl adjacent to an activating group) is 1. The quantitative estimate of drug-likeness (QED) is 0.703. The van der Waals surface area contributed by atoms with Crippen molar-refractivity contribution in [1.82, 2.24) is 14.8 Å². The molecule has 0 N–H and O–H groups in total. The van der Waals surface area contributed by atoms with Crippen molar-refractivity contribution in [3.8, 4) is 21.1 Å². The van der Waals surface area contributed by atoms with Gasteiger partial charge in [-0.05, 0) is 50.3 Å². The summed E-state index contributed by atoms with van der Waals surface area (Å²) < 4.78 is 5.35. The minimum absolute atomic E-state index is 0.120. The second kappa shape index (κ2) is 7.05. The Balaban J connectivity index is 1.48. The van der Waals surface area contributed by atoms with Crippen LogP contribution < -0.4 is 0 Å². The highest BCUT2D eigenvalue weighted by Crippen LogP contribution is 2.34. The topological polar surface area (TPSA) is 49.6 Å². The summed E-state index contributed by atoms with van der Waals surface area (Å²) in [5, 5.41) is 0. The lowest BCUT2D eigenvalue weighted by Gasteiger charge is -2.20. The summed E-state index contributed by atoms with van der Waals surface area (Å²) in [5.74, 6) is 0.895. The van der Waals surface area contributed by atoms with Crippen LogP contribution in [0.1, 0.15) is 16.8 Å². The van der Waals surface area contributed by atoms with Gasteiger partial charge in [-0.15, -0.1) is 11.3 Å². The van der Waals surface area contributed by atoms with Gasteiger partial charge in [0.25, 0.3) is 5.91 Å². The number of carbonyl (C=O) groups is 1. The van der Waals surface area contributed by atoms with Gasteiger partial charge in [0.2, 0.25) is 0 Å². The molecule has 0 spiro atoms. The lowest BCUT2D eigenvalue weighted by atomic mass is 10.1. The van der Waals surface area contributed by atoms with E-state index < -0.39 is 0 Å². The zero-order chi connectivity index (χ0) is 18.1. The number of hydrogen-bond acceptors (Lipinski definition) is 5. The standard InChI is InChI=1S/C20H21N3O2S/c1-22(2)16-9-10-23(12-16)20(24)15-5-3-14(4-6-15)18-7-8-19(26-18)17-11-21-13-25-17/h3-8,11,13,16H,9-10,12H2,1-2H3/t16-/m0/s1.